The van der Waals surface area contributed by atoms with Gasteiger partial charge < -0.3 is 9.80 Å². The molecule has 1 saturated heterocycles. The molecule has 0 spiro atoms. The van der Waals surface area contributed by atoms with Gasteiger partial charge in [0.1, 0.15) is 11.5 Å². The third-order valence-corrected chi connectivity index (χ3v) is 5.47. The minimum absolute atomic E-state index is 0.0754. The van der Waals surface area contributed by atoms with Crippen LogP contribution in [0.2, 0.25) is 0 Å². The standard InChI is InChI=1S/C21H25N3O/c1-16-7-4-5-13-24(16)21(25)19-10-6-11-20(22-19)23-14-12-17-8-2-3-9-18(17)15-23/h2-3,6,8-11,16H,4-5,7,12-15H2,1H3. The van der Waals surface area contributed by atoms with Crippen LogP contribution in [0.15, 0.2) is 42.5 Å². The molecule has 2 aliphatic heterocycles. The molecule has 2 aliphatic rings. The van der Waals surface area contributed by atoms with Gasteiger partial charge in [-0.15, -0.1) is 0 Å². The second-order valence-electron chi connectivity index (χ2n) is 7.16. The van der Waals surface area contributed by atoms with Crippen molar-refractivity contribution in [1.82, 2.24) is 9.88 Å². The summed E-state index contributed by atoms with van der Waals surface area (Å²) in [5, 5.41) is 0. The smallest absolute Gasteiger partial charge is 0.272 e. The van der Waals surface area contributed by atoms with Crippen LogP contribution in [0.3, 0.4) is 0 Å². The number of anilines is 1. The molecule has 0 saturated carbocycles. The number of rotatable bonds is 2. The number of carbonyl (C=O) groups excluding carboxylic acids is 1. The van der Waals surface area contributed by atoms with Crippen molar-refractivity contribution in [3.8, 4) is 0 Å². The highest BCUT2D eigenvalue weighted by atomic mass is 16.2. The van der Waals surface area contributed by atoms with Crippen molar-refractivity contribution in [2.75, 3.05) is 18.0 Å². The van der Waals surface area contributed by atoms with Crippen molar-refractivity contribution >= 4 is 11.7 Å². The van der Waals surface area contributed by atoms with E-state index in [1.165, 1.54) is 17.5 Å². The fraction of sp³-hybridized carbons (Fsp3) is 0.429. The zero-order chi connectivity index (χ0) is 17.2. The maximum Gasteiger partial charge on any atom is 0.272 e. The SMILES string of the molecule is CC1CCCCN1C(=O)c1cccc(N2CCc3ccccc3C2)n1. The highest BCUT2D eigenvalue weighted by Crippen LogP contribution is 2.24. The molecule has 0 bridgehead atoms. The van der Waals surface area contributed by atoms with Crippen LogP contribution in [-0.4, -0.2) is 34.9 Å². The molecule has 4 nitrogen and oxygen atoms in total. The molecule has 3 heterocycles. The fourth-order valence-electron chi connectivity index (χ4n) is 3.96. The second-order valence-corrected chi connectivity index (χ2v) is 7.16. The summed E-state index contributed by atoms with van der Waals surface area (Å²) in [4.78, 5) is 21.9. The number of fused-ring (bicyclic) bond motifs is 1. The lowest BCUT2D eigenvalue weighted by molar-refractivity contribution is 0.0629. The van der Waals surface area contributed by atoms with Crippen molar-refractivity contribution in [3.63, 3.8) is 0 Å². The monoisotopic (exact) mass is 335 g/mol. The Kier molecular flexibility index (Phi) is 4.43. The first kappa shape index (κ1) is 16.1. The van der Waals surface area contributed by atoms with Gasteiger partial charge >= 0.3 is 0 Å². The summed E-state index contributed by atoms with van der Waals surface area (Å²) >= 11 is 0. The third-order valence-electron chi connectivity index (χ3n) is 5.47. The van der Waals surface area contributed by atoms with Crippen molar-refractivity contribution in [2.24, 2.45) is 0 Å². The topological polar surface area (TPSA) is 36.4 Å². The molecule has 4 rings (SSSR count). The van der Waals surface area contributed by atoms with Crippen LogP contribution in [0.4, 0.5) is 5.82 Å². The summed E-state index contributed by atoms with van der Waals surface area (Å²) in [5.41, 5.74) is 3.36. The van der Waals surface area contributed by atoms with E-state index in [2.05, 4.69) is 36.1 Å². The Morgan fingerprint density at radius 1 is 1.04 bits per heavy atom. The van der Waals surface area contributed by atoms with Crippen LogP contribution in [0, 0.1) is 0 Å². The van der Waals surface area contributed by atoms with E-state index in [0.29, 0.717) is 11.7 Å². The van der Waals surface area contributed by atoms with Crippen LogP contribution in [0.5, 0.6) is 0 Å². The zero-order valence-corrected chi connectivity index (χ0v) is 14.8. The van der Waals surface area contributed by atoms with Crippen LogP contribution in [0.1, 0.15) is 47.8 Å². The summed E-state index contributed by atoms with van der Waals surface area (Å²) in [6, 6.07) is 14.7. The van der Waals surface area contributed by atoms with Crippen LogP contribution in [-0.2, 0) is 13.0 Å². The average molecular weight is 335 g/mol. The van der Waals surface area contributed by atoms with E-state index in [4.69, 9.17) is 4.98 Å². The number of hydrogen-bond acceptors (Lipinski definition) is 3. The average Bonchev–Trinajstić information content (AvgIpc) is 2.67. The first-order valence-corrected chi connectivity index (χ1v) is 9.32. The van der Waals surface area contributed by atoms with E-state index < -0.39 is 0 Å². The highest BCUT2D eigenvalue weighted by Gasteiger charge is 2.26. The molecule has 1 aromatic carbocycles. The van der Waals surface area contributed by atoms with Gasteiger partial charge in [0.15, 0.2) is 0 Å². The van der Waals surface area contributed by atoms with Crippen LogP contribution in [0.25, 0.3) is 0 Å². The number of likely N-dealkylation sites (tertiary alicyclic amines) is 1. The summed E-state index contributed by atoms with van der Waals surface area (Å²) in [7, 11) is 0. The van der Waals surface area contributed by atoms with Gasteiger partial charge in [-0.2, -0.15) is 0 Å². The van der Waals surface area contributed by atoms with Crippen molar-refractivity contribution in [1.29, 1.82) is 0 Å². The van der Waals surface area contributed by atoms with Gasteiger partial charge in [0, 0.05) is 25.7 Å². The van der Waals surface area contributed by atoms with Crippen molar-refractivity contribution in [3.05, 3.63) is 59.3 Å². The molecule has 130 valence electrons. The Bertz CT molecular complexity index is 773. The Labute approximate surface area is 149 Å². The first-order valence-electron chi connectivity index (χ1n) is 9.32. The first-order chi connectivity index (χ1) is 12.2. The van der Waals surface area contributed by atoms with Crippen molar-refractivity contribution in [2.45, 2.75) is 45.2 Å². The lowest BCUT2D eigenvalue weighted by Gasteiger charge is -2.33. The van der Waals surface area contributed by atoms with Gasteiger partial charge in [-0.25, -0.2) is 4.98 Å². The van der Waals surface area contributed by atoms with Crippen molar-refractivity contribution < 1.29 is 4.79 Å². The largest absolute Gasteiger partial charge is 0.352 e. The summed E-state index contributed by atoms with van der Waals surface area (Å²) in [6.07, 6.45) is 4.43. The van der Waals surface area contributed by atoms with Gasteiger partial charge in [0.2, 0.25) is 0 Å². The summed E-state index contributed by atoms with van der Waals surface area (Å²) in [5.74, 6) is 0.983. The van der Waals surface area contributed by atoms with Gasteiger partial charge in [-0.3, -0.25) is 4.79 Å². The van der Waals surface area contributed by atoms with Gasteiger partial charge in [0.25, 0.3) is 5.91 Å². The molecule has 2 aromatic rings. The molecular formula is C21H25N3O. The Morgan fingerprint density at radius 2 is 1.88 bits per heavy atom. The molecule has 0 aliphatic carbocycles. The number of hydrogen-bond donors (Lipinski definition) is 0. The maximum absolute atomic E-state index is 12.9. The van der Waals surface area contributed by atoms with E-state index in [1.54, 1.807) is 0 Å². The number of pyridine rings is 1. The number of nitrogens with zero attached hydrogens (tertiary/aromatic N) is 3. The van der Waals surface area contributed by atoms with Gasteiger partial charge in [-0.05, 0) is 55.9 Å². The molecule has 1 fully saturated rings. The predicted octanol–water partition coefficient (Wildman–Crippen LogP) is 3.66. The summed E-state index contributed by atoms with van der Waals surface area (Å²) in [6.45, 7) is 4.80. The van der Waals surface area contributed by atoms with Gasteiger partial charge in [0.05, 0.1) is 0 Å². The number of benzene rings is 1. The number of amides is 1. The zero-order valence-electron chi connectivity index (χ0n) is 14.8. The molecule has 1 atom stereocenters. The number of aromatic nitrogens is 1. The quantitative estimate of drug-likeness (QED) is 0.840. The van der Waals surface area contributed by atoms with Crippen LogP contribution >= 0.6 is 0 Å². The molecule has 1 amide bonds. The van der Waals surface area contributed by atoms with Gasteiger partial charge in [-0.1, -0.05) is 30.3 Å². The molecule has 1 unspecified atom stereocenters. The normalized spacial score (nSPS) is 20.3. The predicted molar refractivity (Wildman–Crippen MR) is 99.8 cm³/mol. The van der Waals surface area contributed by atoms with E-state index in [1.807, 2.05) is 23.1 Å². The molecule has 4 heteroatoms. The number of piperidine rings is 1. The minimum Gasteiger partial charge on any atom is -0.352 e. The Morgan fingerprint density at radius 3 is 2.72 bits per heavy atom. The Balaban J connectivity index is 1.55. The lowest BCUT2D eigenvalue weighted by atomic mass is 10.00. The maximum atomic E-state index is 12.9. The molecule has 25 heavy (non-hydrogen) atoms. The van der Waals surface area contributed by atoms with Crippen LogP contribution < -0.4 is 4.90 Å². The fourth-order valence-corrected chi connectivity index (χ4v) is 3.96. The number of carbonyl (C=O) groups is 1. The highest BCUT2D eigenvalue weighted by molar-refractivity contribution is 5.93. The molecule has 0 N–H and O–H groups in total. The second kappa shape index (κ2) is 6.87. The third kappa shape index (κ3) is 3.26. The summed E-state index contributed by atoms with van der Waals surface area (Å²) < 4.78 is 0. The molecular weight excluding hydrogens is 310 g/mol. The molecule has 0 radical (unpaired) electrons. The van der Waals surface area contributed by atoms with E-state index >= 15 is 0 Å². The van der Waals surface area contributed by atoms with E-state index in [9.17, 15) is 4.79 Å². The lowest BCUT2D eigenvalue weighted by Crippen LogP contribution is -2.42. The van der Waals surface area contributed by atoms with E-state index in [-0.39, 0.29) is 5.91 Å². The van der Waals surface area contributed by atoms with E-state index in [0.717, 1.165) is 44.7 Å². The Hall–Kier alpha value is -2.36. The minimum atomic E-state index is 0.0754. The molecule has 1 aromatic heterocycles.